The van der Waals surface area contributed by atoms with E-state index in [1.54, 1.807) is 30.3 Å². The molecule has 1 saturated heterocycles. The third-order valence-electron chi connectivity index (χ3n) is 10.6. The predicted molar refractivity (Wildman–Crippen MR) is 228 cm³/mol. The standard InChI is InChI=1S/C42H63N9O12/c1-23(52)30(24(2)53)19-35(57)27-11-13-37(59)47-22-34(49-38(60)14-12-28(55)20-43)41(63)50-32(10-7-15-46-42(44)45)40(62)51-33(16-26-8-5-4-6-9-26)39(61)48-21-29(56)18-31(25(3)54)36(58)17-27/h4-6,8-9,23,25,27,30-34,52,54H,7,10-22,43H2,1-3H3,(H,47,59)(H,48,61)(H,49,60)(H,50,63)(H,51,62)(H4,44,45,46)/t23-,25-,27-,30+,31+,32+,33+,34+/m1/s1. The number of carbonyl (C=O) groups excluding carboxylic acids is 10. The lowest BCUT2D eigenvalue weighted by Gasteiger charge is -2.26. The lowest BCUT2D eigenvalue weighted by atomic mass is 9.81. The van der Waals surface area contributed by atoms with Gasteiger partial charge in [0.05, 0.1) is 31.2 Å². The maximum absolute atomic E-state index is 14.0. The van der Waals surface area contributed by atoms with E-state index in [1.165, 1.54) is 20.8 Å². The first kappa shape index (κ1) is 53.2. The molecule has 348 valence electrons. The van der Waals surface area contributed by atoms with E-state index in [0.29, 0.717) is 5.56 Å². The van der Waals surface area contributed by atoms with Crippen LogP contribution in [0, 0.1) is 17.8 Å². The molecule has 1 aliphatic rings. The fourth-order valence-corrected chi connectivity index (χ4v) is 6.80. The summed E-state index contributed by atoms with van der Waals surface area (Å²) in [6.07, 6.45) is -5.51. The largest absolute Gasteiger partial charge is 0.393 e. The van der Waals surface area contributed by atoms with Crippen LogP contribution >= 0.6 is 0 Å². The summed E-state index contributed by atoms with van der Waals surface area (Å²) in [7, 11) is 0. The van der Waals surface area contributed by atoms with Crippen molar-refractivity contribution in [2.24, 2.45) is 39.9 Å². The summed E-state index contributed by atoms with van der Waals surface area (Å²) in [5.74, 6) is -10.9. The average molecular weight is 886 g/mol. The molecule has 1 aliphatic heterocycles. The van der Waals surface area contributed by atoms with Crippen LogP contribution in [0.5, 0.6) is 0 Å². The Balaban J connectivity index is 2.63. The van der Waals surface area contributed by atoms with Gasteiger partial charge < -0.3 is 54.0 Å². The maximum Gasteiger partial charge on any atom is 0.245 e. The fraction of sp³-hybridized carbons (Fsp3) is 0.595. The zero-order valence-corrected chi connectivity index (χ0v) is 36.1. The first-order chi connectivity index (χ1) is 29.7. The van der Waals surface area contributed by atoms with E-state index in [-0.39, 0.29) is 57.6 Å². The van der Waals surface area contributed by atoms with Gasteiger partial charge >= 0.3 is 0 Å². The van der Waals surface area contributed by atoms with E-state index in [2.05, 4.69) is 31.6 Å². The Kier molecular flexibility index (Phi) is 23.0. The van der Waals surface area contributed by atoms with Crippen LogP contribution in [0.1, 0.15) is 84.1 Å². The van der Waals surface area contributed by atoms with Gasteiger partial charge in [0.15, 0.2) is 11.7 Å². The summed E-state index contributed by atoms with van der Waals surface area (Å²) in [5.41, 5.74) is 16.9. The van der Waals surface area contributed by atoms with E-state index >= 15 is 0 Å². The van der Waals surface area contributed by atoms with Crippen molar-refractivity contribution in [3.05, 3.63) is 35.9 Å². The van der Waals surface area contributed by atoms with E-state index < -0.39 is 145 Å². The van der Waals surface area contributed by atoms with Gasteiger partial charge in [-0.25, -0.2) is 0 Å². The molecule has 21 nitrogen and oxygen atoms in total. The minimum absolute atomic E-state index is 0.0390. The number of nitrogens with two attached hydrogens (primary N) is 3. The summed E-state index contributed by atoms with van der Waals surface area (Å²) in [4.78, 5) is 137. The van der Waals surface area contributed by atoms with Crippen LogP contribution in [0.25, 0.3) is 0 Å². The average Bonchev–Trinajstić information content (AvgIpc) is 3.22. The molecule has 0 unspecified atom stereocenters. The number of aliphatic imine (C=N–C) groups is 1. The van der Waals surface area contributed by atoms with Crippen molar-refractivity contribution in [2.75, 3.05) is 26.2 Å². The first-order valence-corrected chi connectivity index (χ1v) is 20.9. The van der Waals surface area contributed by atoms with E-state index in [0.717, 1.165) is 0 Å². The molecule has 21 heteroatoms. The molecule has 5 amide bonds. The van der Waals surface area contributed by atoms with E-state index in [1.807, 2.05) is 0 Å². The topological polar surface area (TPSA) is 362 Å². The number of rotatable bonds is 17. The number of Topliss-reactive ketones (excluding diaryl/α,β-unsaturated/α-hetero) is 5. The van der Waals surface area contributed by atoms with Crippen LogP contribution in [-0.4, -0.2) is 131 Å². The zero-order valence-electron chi connectivity index (χ0n) is 36.1. The molecule has 0 aromatic heterocycles. The molecule has 1 aromatic carbocycles. The lowest BCUT2D eigenvalue weighted by molar-refractivity contribution is -0.136. The zero-order chi connectivity index (χ0) is 47.2. The maximum atomic E-state index is 14.0. The number of hydrogen-bond donors (Lipinski definition) is 10. The molecule has 13 N–H and O–H groups in total. The molecule has 8 atom stereocenters. The third-order valence-corrected chi connectivity index (χ3v) is 10.6. The molecule has 0 spiro atoms. The Bertz CT molecular complexity index is 1820. The number of guanidine groups is 1. The second kappa shape index (κ2) is 27.2. The van der Waals surface area contributed by atoms with Crippen LogP contribution < -0.4 is 43.8 Å². The summed E-state index contributed by atoms with van der Waals surface area (Å²) >= 11 is 0. The van der Waals surface area contributed by atoms with Gasteiger partial charge in [-0.2, -0.15) is 0 Å². The van der Waals surface area contributed by atoms with E-state index in [9.17, 15) is 58.2 Å². The lowest BCUT2D eigenvalue weighted by Crippen LogP contribution is -2.59. The second-order valence-corrected chi connectivity index (χ2v) is 15.8. The van der Waals surface area contributed by atoms with Crippen molar-refractivity contribution in [3.63, 3.8) is 0 Å². The smallest absolute Gasteiger partial charge is 0.245 e. The van der Waals surface area contributed by atoms with Crippen molar-refractivity contribution in [2.45, 2.75) is 115 Å². The van der Waals surface area contributed by atoms with Gasteiger partial charge in [0.25, 0.3) is 0 Å². The molecule has 1 aromatic rings. The van der Waals surface area contributed by atoms with Crippen LogP contribution in [0.3, 0.4) is 0 Å². The van der Waals surface area contributed by atoms with Crippen LogP contribution in [0.2, 0.25) is 0 Å². The van der Waals surface area contributed by atoms with Crippen LogP contribution in [0.15, 0.2) is 35.3 Å². The van der Waals surface area contributed by atoms with Gasteiger partial charge in [-0.15, -0.1) is 0 Å². The third kappa shape index (κ3) is 19.8. The normalized spacial score (nSPS) is 22.7. The number of nitrogens with zero attached hydrogens (tertiary/aromatic N) is 1. The highest BCUT2D eigenvalue weighted by Gasteiger charge is 2.35. The molecular formula is C42H63N9O12. The molecule has 0 radical (unpaired) electrons. The summed E-state index contributed by atoms with van der Waals surface area (Å²) in [5, 5.41) is 33.5. The predicted octanol–water partition coefficient (Wildman–Crippen LogP) is -2.85. The van der Waals surface area contributed by atoms with Gasteiger partial charge in [-0.3, -0.25) is 52.9 Å². The monoisotopic (exact) mass is 885 g/mol. The van der Waals surface area contributed by atoms with Crippen molar-refractivity contribution in [3.8, 4) is 0 Å². The Morgan fingerprint density at radius 1 is 0.889 bits per heavy atom. The highest BCUT2D eigenvalue weighted by atomic mass is 16.3. The summed E-state index contributed by atoms with van der Waals surface area (Å²) < 4.78 is 0. The number of hydrogen-bond acceptors (Lipinski definition) is 14. The highest BCUT2D eigenvalue weighted by molar-refractivity contribution is 5.97. The number of aliphatic hydroxyl groups excluding tert-OH is 2. The fourth-order valence-electron chi connectivity index (χ4n) is 6.80. The summed E-state index contributed by atoms with van der Waals surface area (Å²) in [6, 6.07) is 4.30. The van der Waals surface area contributed by atoms with Gasteiger partial charge in [0.1, 0.15) is 41.3 Å². The second-order valence-electron chi connectivity index (χ2n) is 15.8. The van der Waals surface area contributed by atoms with Crippen molar-refractivity contribution >= 4 is 64.4 Å². The molecule has 63 heavy (non-hydrogen) atoms. The van der Waals surface area contributed by atoms with Crippen molar-refractivity contribution < 1.29 is 58.2 Å². The van der Waals surface area contributed by atoms with Crippen LogP contribution in [0.4, 0.5) is 0 Å². The van der Waals surface area contributed by atoms with Gasteiger partial charge in [0, 0.05) is 69.9 Å². The molecule has 2 rings (SSSR count). The number of nitrogens with one attached hydrogen (secondary N) is 5. The SMILES string of the molecule is CC(=O)[C@@H](CC(=O)[C@@H]1CCC(=O)NC[C@H](NC(=O)CCC(=O)CN)C(=O)N[C@@H](CCCN=C(N)N)C(=O)N[C@@H](Cc2ccccc2)C(=O)NCC(=O)C[C@@H]([C@@H](C)O)C(=O)C1)[C@@H](C)O. The quantitative estimate of drug-likeness (QED) is 0.0428. The summed E-state index contributed by atoms with van der Waals surface area (Å²) in [6.45, 7) is 2.34. The van der Waals surface area contributed by atoms with Crippen molar-refractivity contribution in [1.29, 1.82) is 0 Å². The number of ketones is 5. The Morgan fingerprint density at radius 3 is 2.16 bits per heavy atom. The minimum atomic E-state index is -1.54. The van der Waals surface area contributed by atoms with Crippen LogP contribution in [-0.2, 0) is 54.4 Å². The molecule has 0 aliphatic carbocycles. The Morgan fingerprint density at radius 2 is 1.56 bits per heavy atom. The molecule has 0 bridgehead atoms. The minimum Gasteiger partial charge on any atom is -0.393 e. The van der Waals surface area contributed by atoms with E-state index in [4.69, 9.17) is 17.2 Å². The number of carbonyl (C=O) groups is 10. The van der Waals surface area contributed by atoms with Gasteiger partial charge in [0.2, 0.25) is 29.5 Å². The number of amides is 5. The van der Waals surface area contributed by atoms with Crippen molar-refractivity contribution in [1.82, 2.24) is 26.6 Å². The molecule has 0 saturated carbocycles. The molecule has 1 heterocycles. The number of aliphatic hydroxyl groups is 2. The van der Waals surface area contributed by atoms with Gasteiger partial charge in [-0.1, -0.05) is 30.3 Å². The van der Waals surface area contributed by atoms with Gasteiger partial charge in [-0.05, 0) is 45.6 Å². The number of benzene rings is 1. The first-order valence-electron chi connectivity index (χ1n) is 20.9. The molecule has 1 fully saturated rings. The highest BCUT2D eigenvalue weighted by Crippen LogP contribution is 2.24. The Labute approximate surface area is 365 Å². The molecular weight excluding hydrogens is 823 g/mol. The Hall–Kier alpha value is -5.93.